The van der Waals surface area contributed by atoms with E-state index in [4.69, 9.17) is 4.74 Å². The van der Waals surface area contributed by atoms with Gasteiger partial charge in [-0.1, -0.05) is 37.1 Å². The van der Waals surface area contributed by atoms with E-state index in [-0.39, 0.29) is 36.1 Å². The van der Waals surface area contributed by atoms with Gasteiger partial charge in [-0.3, -0.25) is 9.48 Å². The van der Waals surface area contributed by atoms with Gasteiger partial charge < -0.3 is 10.1 Å². The zero-order chi connectivity index (χ0) is 20.9. The van der Waals surface area contributed by atoms with E-state index < -0.39 is 0 Å². The summed E-state index contributed by atoms with van der Waals surface area (Å²) in [6, 6.07) is 12.3. The van der Waals surface area contributed by atoms with Crippen molar-refractivity contribution in [2.45, 2.75) is 44.9 Å². The number of aromatic nitrogens is 2. The summed E-state index contributed by atoms with van der Waals surface area (Å²) < 4.78 is 33.7. The average molecular weight is 411 g/mol. The molecule has 7 heteroatoms. The number of carbonyl (C=O) groups is 1. The lowest BCUT2D eigenvalue weighted by atomic mass is 10.2. The second kappa shape index (κ2) is 9.07. The number of ether oxygens (including phenoxy) is 1. The standard InChI is InChI=1S/C23H23F2N3O2/c24-18-9-5-16(6-10-18)13-28-14-21(22(29)26-20-3-1-2-4-20)23(27-28)30-15-17-7-11-19(25)12-8-17/h5-12,14,20H,1-4,13,15H2,(H,26,29). The van der Waals surface area contributed by atoms with Crippen LogP contribution in [0.5, 0.6) is 5.88 Å². The Labute approximate surface area is 173 Å². The lowest BCUT2D eigenvalue weighted by Gasteiger charge is -2.11. The molecule has 1 aliphatic carbocycles. The molecule has 30 heavy (non-hydrogen) atoms. The minimum atomic E-state index is -0.320. The van der Waals surface area contributed by atoms with Crippen LogP contribution in [0.3, 0.4) is 0 Å². The first-order chi connectivity index (χ1) is 14.6. The fraction of sp³-hybridized carbons (Fsp3) is 0.304. The largest absolute Gasteiger partial charge is 0.471 e. The maximum atomic E-state index is 13.2. The summed E-state index contributed by atoms with van der Waals surface area (Å²) in [5, 5.41) is 7.48. The van der Waals surface area contributed by atoms with Crippen LogP contribution in [-0.4, -0.2) is 21.7 Å². The van der Waals surface area contributed by atoms with Crippen LogP contribution in [-0.2, 0) is 13.2 Å². The molecule has 0 aliphatic heterocycles. The molecular formula is C23H23F2N3O2. The maximum Gasteiger partial charge on any atom is 0.258 e. The van der Waals surface area contributed by atoms with Crippen molar-refractivity contribution in [1.82, 2.24) is 15.1 Å². The molecule has 4 rings (SSSR count). The van der Waals surface area contributed by atoms with Crippen LogP contribution in [0.1, 0.15) is 47.2 Å². The van der Waals surface area contributed by atoms with Crippen molar-refractivity contribution >= 4 is 5.91 Å². The topological polar surface area (TPSA) is 56.2 Å². The first kappa shape index (κ1) is 20.1. The Balaban J connectivity index is 1.53. The summed E-state index contributed by atoms with van der Waals surface area (Å²) in [7, 11) is 0. The van der Waals surface area contributed by atoms with Crippen LogP contribution in [0.25, 0.3) is 0 Å². The van der Waals surface area contributed by atoms with Crippen LogP contribution < -0.4 is 10.1 Å². The Morgan fingerprint density at radius 2 is 1.60 bits per heavy atom. The second-order valence-electron chi connectivity index (χ2n) is 7.54. The van der Waals surface area contributed by atoms with E-state index in [1.807, 2.05) is 0 Å². The van der Waals surface area contributed by atoms with Crippen molar-refractivity contribution < 1.29 is 18.3 Å². The summed E-state index contributed by atoms with van der Waals surface area (Å²) in [5.74, 6) is -0.628. The Bertz CT molecular complexity index is 994. The molecule has 2 aromatic carbocycles. The number of amides is 1. The predicted octanol–water partition coefficient (Wildman–Crippen LogP) is 4.46. The second-order valence-corrected chi connectivity index (χ2v) is 7.54. The molecule has 0 bridgehead atoms. The number of nitrogens with zero attached hydrogens (tertiary/aromatic N) is 2. The highest BCUT2D eigenvalue weighted by Crippen LogP contribution is 2.22. The van der Waals surface area contributed by atoms with Gasteiger partial charge in [0.15, 0.2) is 0 Å². The molecule has 156 valence electrons. The highest BCUT2D eigenvalue weighted by atomic mass is 19.1. The van der Waals surface area contributed by atoms with E-state index in [1.165, 1.54) is 24.3 Å². The normalized spacial score (nSPS) is 14.1. The summed E-state index contributed by atoms with van der Waals surface area (Å²) >= 11 is 0. The Morgan fingerprint density at radius 1 is 1.00 bits per heavy atom. The number of rotatable bonds is 7. The number of halogens is 2. The summed E-state index contributed by atoms with van der Waals surface area (Å²) in [6.07, 6.45) is 5.82. The molecule has 1 aliphatic rings. The fourth-order valence-corrected chi connectivity index (χ4v) is 3.59. The quantitative estimate of drug-likeness (QED) is 0.625. The van der Waals surface area contributed by atoms with E-state index in [0.29, 0.717) is 12.1 Å². The average Bonchev–Trinajstić information content (AvgIpc) is 3.39. The van der Waals surface area contributed by atoms with Gasteiger partial charge in [-0.15, -0.1) is 5.10 Å². The molecular weight excluding hydrogens is 388 g/mol. The van der Waals surface area contributed by atoms with E-state index in [2.05, 4.69) is 10.4 Å². The first-order valence-corrected chi connectivity index (χ1v) is 10.1. The van der Waals surface area contributed by atoms with Gasteiger partial charge in [-0.2, -0.15) is 0 Å². The van der Waals surface area contributed by atoms with Crippen molar-refractivity contribution in [3.63, 3.8) is 0 Å². The van der Waals surface area contributed by atoms with Crippen LogP contribution >= 0.6 is 0 Å². The van der Waals surface area contributed by atoms with Gasteiger partial charge >= 0.3 is 0 Å². The van der Waals surface area contributed by atoms with Gasteiger partial charge in [-0.25, -0.2) is 8.78 Å². The van der Waals surface area contributed by atoms with Crippen LogP contribution in [0.2, 0.25) is 0 Å². The Hall–Kier alpha value is -3.22. The molecule has 1 heterocycles. The lowest BCUT2D eigenvalue weighted by Crippen LogP contribution is -2.32. The molecule has 1 amide bonds. The van der Waals surface area contributed by atoms with Crippen molar-refractivity contribution in [1.29, 1.82) is 0 Å². The zero-order valence-corrected chi connectivity index (χ0v) is 16.5. The van der Waals surface area contributed by atoms with Gasteiger partial charge in [0.1, 0.15) is 23.8 Å². The Morgan fingerprint density at radius 3 is 2.23 bits per heavy atom. The van der Waals surface area contributed by atoms with Gasteiger partial charge in [0.2, 0.25) is 5.88 Å². The molecule has 1 saturated carbocycles. The van der Waals surface area contributed by atoms with Gasteiger partial charge in [0, 0.05) is 12.2 Å². The summed E-state index contributed by atoms with van der Waals surface area (Å²) in [4.78, 5) is 12.8. The van der Waals surface area contributed by atoms with E-state index in [0.717, 1.165) is 36.8 Å². The maximum absolute atomic E-state index is 13.2. The molecule has 0 saturated heterocycles. The van der Waals surface area contributed by atoms with Crippen molar-refractivity contribution in [2.75, 3.05) is 0 Å². The van der Waals surface area contributed by atoms with Gasteiger partial charge in [-0.05, 0) is 48.2 Å². The van der Waals surface area contributed by atoms with E-state index in [9.17, 15) is 13.6 Å². The SMILES string of the molecule is O=C(NC1CCCC1)c1cn(Cc2ccc(F)cc2)nc1OCc1ccc(F)cc1. The van der Waals surface area contributed by atoms with Crippen molar-refractivity contribution in [3.8, 4) is 5.88 Å². The fourth-order valence-electron chi connectivity index (χ4n) is 3.59. The molecule has 5 nitrogen and oxygen atoms in total. The Kier molecular flexibility index (Phi) is 6.07. The monoisotopic (exact) mass is 411 g/mol. The van der Waals surface area contributed by atoms with Crippen LogP contribution in [0.15, 0.2) is 54.7 Å². The number of carbonyl (C=O) groups excluding carboxylic acids is 1. The third-order valence-electron chi connectivity index (χ3n) is 5.21. The molecule has 0 radical (unpaired) electrons. The van der Waals surface area contributed by atoms with Crippen LogP contribution in [0, 0.1) is 11.6 Å². The third kappa shape index (κ3) is 5.03. The van der Waals surface area contributed by atoms with Crippen LogP contribution in [0.4, 0.5) is 8.78 Å². The lowest BCUT2D eigenvalue weighted by molar-refractivity contribution is 0.0933. The molecule has 0 spiro atoms. The number of benzene rings is 2. The zero-order valence-electron chi connectivity index (χ0n) is 16.5. The number of nitrogens with one attached hydrogen (secondary N) is 1. The minimum absolute atomic E-state index is 0.164. The molecule has 1 N–H and O–H groups in total. The molecule has 1 aromatic heterocycles. The predicted molar refractivity (Wildman–Crippen MR) is 108 cm³/mol. The summed E-state index contributed by atoms with van der Waals surface area (Å²) in [5.41, 5.74) is 1.98. The first-order valence-electron chi connectivity index (χ1n) is 10.1. The third-order valence-corrected chi connectivity index (χ3v) is 5.21. The van der Waals surface area contributed by atoms with Crippen molar-refractivity contribution in [3.05, 3.63) is 83.1 Å². The molecule has 3 aromatic rings. The molecule has 1 fully saturated rings. The van der Waals surface area contributed by atoms with Crippen molar-refractivity contribution in [2.24, 2.45) is 0 Å². The summed E-state index contributed by atoms with van der Waals surface area (Å²) in [6.45, 7) is 0.543. The number of hydrogen-bond donors (Lipinski definition) is 1. The van der Waals surface area contributed by atoms with Gasteiger partial charge in [0.25, 0.3) is 5.91 Å². The highest BCUT2D eigenvalue weighted by molar-refractivity contribution is 5.96. The van der Waals surface area contributed by atoms with E-state index in [1.54, 1.807) is 35.1 Å². The highest BCUT2D eigenvalue weighted by Gasteiger charge is 2.23. The van der Waals surface area contributed by atoms with Gasteiger partial charge in [0.05, 0.1) is 6.54 Å². The van der Waals surface area contributed by atoms with E-state index >= 15 is 0 Å². The number of hydrogen-bond acceptors (Lipinski definition) is 3. The smallest absolute Gasteiger partial charge is 0.258 e. The molecule has 0 unspecified atom stereocenters. The molecule has 0 atom stereocenters. The minimum Gasteiger partial charge on any atom is -0.471 e.